The van der Waals surface area contributed by atoms with E-state index in [-0.39, 0.29) is 26.5 Å². The zero-order valence-electron chi connectivity index (χ0n) is 9.39. The number of azo groups is 1. The Morgan fingerprint density at radius 3 is 2.67 bits per heavy atom. The molecule has 0 N–H and O–H groups in total. The fourth-order valence-corrected chi connectivity index (χ4v) is 2.47. The van der Waals surface area contributed by atoms with Crippen LogP contribution in [-0.4, -0.2) is 37.5 Å². The number of hydrogen-bond acceptors (Lipinski definition) is 2. The minimum Gasteiger partial charge on any atom is -0.314 e. The Bertz CT molecular complexity index is 267. The van der Waals surface area contributed by atoms with Gasteiger partial charge in [0.2, 0.25) is 0 Å². The Morgan fingerprint density at radius 2 is 2.00 bits per heavy atom. The minimum atomic E-state index is -0.150. The van der Waals surface area contributed by atoms with Gasteiger partial charge in [0, 0.05) is 14.5 Å². The Morgan fingerprint density at radius 1 is 1.33 bits per heavy atom. The highest BCUT2D eigenvalue weighted by Crippen LogP contribution is 2.30. The number of hydrogen-bond donors (Lipinski definition) is 0. The Hall–Kier alpha value is -0.865. The molecule has 0 bridgehead atoms. The highest BCUT2D eigenvalue weighted by Gasteiger charge is 2.37. The summed E-state index contributed by atoms with van der Waals surface area (Å²) in [5, 5.41) is 7.83. The molecule has 0 saturated heterocycles. The van der Waals surface area contributed by atoms with Crippen molar-refractivity contribution in [1.29, 1.82) is 0 Å². The summed E-state index contributed by atoms with van der Waals surface area (Å²) in [4.78, 5) is 13.5. The van der Waals surface area contributed by atoms with Gasteiger partial charge >= 0.3 is 6.03 Å². The molecule has 1 heterocycles. The van der Waals surface area contributed by atoms with E-state index in [9.17, 15) is 4.79 Å². The van der Waals surface area contributed by atoms with Crippen LogP contribution in [0.1, 0.15) is 39.5 Å². The monoisotopic (exact) mass is 206 g/mol. The number of urea groups is 1. The molecule has 81 valence electrons. The fraction of sp³-hybridized carbons (Fsp3) is 0.900. The molecule has 0 spiro atoms. The first kappa shape index (κ1) is 12.2. The van der Waals surface area contributed by atoms with E-state index >= 15 is 0 Å². The average molecular weight is 206 g/mol. The second-order valence-electron chi connectivity index (χ2n) is 4.42. The molecule has 0 aromatic heterocycles. The third-order valence-electron chi connectivity index (χ3n) is 3.12. The summed E-state index contributed by atoms with van der Waals surface area (Å²) in [6.07, 6.45) is 4.62. The van der Waals surface area contributed by atoms with Crippen LogP contribution in [0.5, 0.6) is 0 Å². The SMILES string of the molecule is CC(C)N1C(=O)N=NC2CCCCC21.[B]. The Labute approximate surface area is 92.7 Å². The number of rotatable bonds is 1. The molecule has 5 heteroatoms. The van der Waals surface area contributed by atoms with E-state index in [4.69, 9.17) is 0 Å². The minimum absolute atomic E-state index is 0. The molecule has 2 amide bonds. The molecule has 1 aliphatic carbocycles. The van der Waals surface area contributed by atoms with Crippen molar-refractivity contribution in [2.45, 2.75) is 57.7 Å². The fourth-order valence-electron chi connectivity index (χ4n) is 2.47. The van der Waals surface area contributed by atoms with Gasteiger partial charge in [-0.05, 0) is 26.7 Å². The van der Waals surface area contributed by atoms with Crippen LogP contribution in [0.25, 0.3) is 0 Å². The molecule has 0 aromatic rings. The van der Waals surface area contributed by atoms with Gasteiger partial charge in [-0.25, -0.2) is 4.79 Å². The first-order valence-corrected chi connectivity index (χ1v) is 5.43. The second-order valence-corrected chi connectivity index (χ2v) is 4.42. The van der Waals surface area contributed by atoms with Crippen LogP contribution >= 0.6 is 0 Å². The van der Waals surface area contributed by atoms with Crippen molar-refractivity contribution in [3.63, 3.8) is 0 Å². The van der Waals surface area contributed by atoms with Gasteiger partial charge in [-0.2, -0.15) is 5.11 Å². The smallest absolute Gasteiger partial charge is 0.314 e. The van der Waals surface area contributed by atoms with E-state index in [0.717, 1.165) is 12.8 Å². The largest absolute Gasteiger partial charge is 0.362 e. The van der Waals surface area contributed by atoms with Crippen molar-refractivity contribution in [2.75, 3.05) is 0 Å². The highest BCUT2D eigenvalue weighted by atomic mass is 16.2. The van der Waals surface area contributed by atoms with E-state index in [1.807, 2.05) is 18.7 Å². The summed E-state index contributed by atoms with van der Waals surface area (Å²) in [7, 11) is 0. The van der Waals surface area contributed by atoms with Crippen LogP contribution in [0, 0.1) is 0 Å². The molecule has 2 atom stereocenters. The van der Waals surface area contributed by atoms with E-state index in [1.54, 1.807) is 0 Å². The van der Waals surface area contributed by atoms with Crippen molar-refractivity contribution in [3.05, 3.63) is 0 Å². The predicted octanol–water partition coefficient (Wildman–Crippen LogP) is 2.21. The molecule has 2 aliphatic rings. The molecule has 1 saturated carbocycles. The van der Waals surface area contributed by atoms with Crippen molar-refractivity contribution in [3.8, 4) is 0 Å². The van der Waals surface area contributed by atoms with Crippen LogP contribution in [0.4, 0.5) is 4.79 Å². The maximum atomic E-state index is 11.6. The Balaban J connectivity index is 0.00000112. The highest BCUT2D eigenvalue weighted by molar-refractivity contribution is 5.76. The summed E-state index contributed by atoms with van der Waals surface area (Å²) >= 11 is 0. The molecule has 2 unspecified atom stereocenters. The number of fused-ring (bicyclic) bond motifs is 1. The molecule has 1 aliphatic heterocycles. The summed E-state index contributed by atoms with van der Waals surface area (Å²) < 4.78 is 0. The molecule has 4 nitrogen and oxygen atoms in total. The third-order valence-corrected chi connectivity index (χ3v) is 3.12. The molecule has 1 fully saturated rings. The summed E-state index contributed by atoms with van der Waals surface area (Å²) in [6.45, 7) is 4.09. The standard InChI is InChI=1S/C10H17N3O.B/c1-7(2)13-9-6-4-3-5-8(9)11-12-10(13)14;/h7-9H,3-6H2,1-2H3;. The van der Waals surface area contributed by atoms with E-state index in [0.29, 0.717) is 6.04 Å². The van der Waals surface area contributed by atoms with Gasteiger partial charge in [-0.15, -0.1) is 0 Å². The topological polar surface area (TPSA) is 45.0 Å². The second kappa shape index (κ2) is 4.77. The predicted molar refractivity (Wildman–Crippen MR) is 59.0 cm³/mol. The quantitative estimate of drug-likeness (QED) is 0.606. The summed E-state index contributed by atoms with van der Waals surface area (Å²) in [5.74, 6) is 0. The number of carbonyl (C=O) groups excluding carboxylic acids is 1. The van der Waals surface area contributed by atoms with Crippen LogP contribution in [-0.2, 0) is 0 Å². The van der Waals surface area contributed by atoms with Crippen LogP contribution in [0.2, 0.25) is 0 Å². The van der Waals surface area contributed by atoms with Crippen LogP contribution in [0.3, 0.4) is 0 Å². The number of nitrogens with zero attached hydrogens (tertiary/aromatic N) is 3. The zero-order valence-corrected chi connectivity index (χ0v) is 9.39. The molecule has 15 heavy (non-hydrogen) atoms. The van der Waals surface area contributed by atoms with Gasteiger partial charge in [0.25, 0.3) is 0 Å². The first-order chi connectivity index (χ1) is 6.70. The van der Waals surface area contributed by atoms with Crippen LogP contribution in [0.15, 0.2) is 10.2 Å². The maximum absolute atomic E-state index is 11.6. The molecule has 0 aromatic carbocycles. The molecular weight excluding hydrogens is 189 g/mol. The number of carbonyl (C=O) groups is 1. The van der Waals surface area contributed by atoms with Gasteiger partial charge in [0.15, 0.2) is 0 Å². The van der Waals surface area contributed by atoms with Gasteiger partial charge in [-0.3, -0.25) is 0 Å². The average Bonchev–Trinajstić information content (AvgIpc) is 2.17. The maximum Gasteiger partial charge on any atom is 0.362 e. The van der Waals surface area contributed by atoms with E-state index < -0.39 is 0 Å². The lowest BCUT2D eigenvalue weighted by Crippen LogP contribution is -2.52. The molecule has 3 radical (unpaired) electrons. The summed E-state index contributed by atoms with van der Waals surface area (Å²) in [5.41, 5.74) is 0. The van der Waals surface area contributed by atoms with Gasteiger partial charge in [0.1, 0.15) is 0 Å². The zero-order chi connectivity index (χ0) is 10.1. The van der Waals surface area contributed by atoms with E-state index in [1.165, 1.54) is 12.8 Å². The van der Waals surface area contributed by atoms with Crippen LogP contribution < -0.4 is 0 Å². The van der Waals surface area contributed by atoms with Crippen molar-refractivity contribution >= 4 is 14.4 Å². The van der Waals surface area contributed by atoms with Gasteiger partial charge < -0.3 is 4.90 Å². The van der Waals surface area contributed by atoms with E-state index in [2.05, 4.69) is 10.2 Å². The van der Waals surface area contributed by atoms with Crippen molar-refractivity contribution < 1.29 is 4.79 Å². The Kier molecular flexibility index (Phi) is 3.88. The first-order valence-electron chi connectivity index (χ1n) is 5.43. The van der Waals surface area contributed by atoms with Gasteiger partial charge in [-0.1, -0.05) is 18.0 Å². The summed E-state index contributed by atoms with van der Waals surface area (Å²) in [6, 6.07) is 0.674. The van der Waals surface area contributed by atoms with Crippen molar-refractivity contribution in [2.24, 2.45) is 10.2 Å². The normalized spacial score (nSPS) is 30.1. The lowest BCUT2D eigenvalue weighted by Gasteiger charge is -2.41. The lowest BCUT2D eigenvalue weighted by molar-refractivity contribution is 0.114. The third kappa shape index (κ3) is 2.21. The van der Waals surface area contributed by atoms with Gasteiger partial charge in [0.05, 0.1) is 12.1 Å². The lowest BCUT2D eigenvalue weighted by atomic mass is 9.89. The molecule has 2 rings (SSSR count). The molecular formula is C10H17BN3O. The number of amides is 2. The van der Waals surface area contributed by atoms with Crippen molar-refractivity contribution in [1.82, 2.24) is 4.90 Å².